The number of hydrogen-bond acceptors (Lipinski definition) is 7. The van der Waals surface area contributed by atoms with E-state index in [1.54, 1.807) is 24.3 Å². The van der Waals surface area contributed by atoms with E-state index in [0.717, 1.165) is 6.07 Å². The van der Waals surface area contributed by atoms with Crippen LogP contribution >= 0.6 is 0 Å². The molecule has 1 heterocycles. The molecule has 4 N–H and O–H groups in total. The van der Waals surface area contributed by atoms with Gasteiger partial charge in [-0.25, -0.2) is 0 Å². The van der Waals surface area contributed by atoms with E-state index in [1.807, 2.05) is 0 Å². The van der Waals surface area contributed by atoms with Crippen LogP contribution in [-0.2, 0) is 0 Å². The van der Waals surface area contributed by atoms with Crippen LogP contribution in [0.1, 0.15) is 0 Å². The smallest absolute Gasteiger partial charge is 0.238 e. The monoisotopic (exact) mass is 316 g/mol. The summed E-state index contributed by atoms with van der Waals surface area (Å²) in [6.07, 6.45) is 0. The summed E-state index contributed by atoms with van der Waals surface area (Å²) in [4.78, 5) is 12.2. The molecule has 3 rings (SSSR count). The molecule has 0 atom stereocenters. The molecule has 0 aliphatic heterocycles. The molecule has 0 saturated carbocycles. The Bertz CT molecular complexity index is 955. The van der Waals surface area contributed by atoms with Crippen molar-refractivity contribution in [2.75, 3.05) is 7.11 Å². The molecule has 7 nitrogen and oxygen atoms in total. The minimum Gasteiger partial charge on any atom is -0.504 e. The summed E-state index contributed by atoms with van der Waals surface area (Å²) in [5.74, 6) is -2.63. The zero-order valence-electron chi connectivity index (χ0n) is 11.9. The lowest BCUT2D eigenvalue weighted by Gasteiger charge is -2.09. The molecule has 3 aromatic rings. The SMILES string of the molecule is COc1ccc(-c2oc3cc(O)c(O)c(O)c3c(=O)c2O)cc1. The molecule has 0 amide bonds. The Hall–Kier alpha value is -3.35. The Morgan fingerprint density at radius 2 is 1.61 bits per heavy atom. The molecule has 23 heavy (non-hydrogen) atoms. The van der Waals surface area contributed by atoms with Gasteiger partial charge in [0.2, 0.25) is 16.9 Å². The number of fused-ring (bicyclic) bond motifs is 1. The number of benzene rings is 2. The van der Waals surface area contributed by atoms with Crippen LogP contribution in [0.25, 0.3) is 22.3 Å². The van der Waals surface area contributed by atoms with E-state index >= 15 is 0 Å². The van der Waals surface area contributed by atoms with Crippen molar-refractivity contribution in [1.29, 1.82) is 0 Å². The van der Waals surface area contributed by atoms with Crippen molar-refractivity contribution in [1.82, 2.24) is 0 Å². The van der Waals surface area contributed by atoms with Crippen LogP contribution in [0.5, 0.6) is 28.7 Å². The van der Waals surface area contributed by atoms with Gasteiger partial charge >= 0.3 is 0 Å². The minimum absolute atomic E-state index is 0.130. The van der Waals surface area contributed by atoms with E-state index in [9.17, 15) is 25.2 Å². The van der Waals surface area contributed by atoms with Gasteiger partial charge in [-0.05, 0) is 24.3 Å². The lowest BCUT2D eigenvalue weighted by Crippen LogP contribution is -2.03. The number of phenolic OH excluding ortho intramolecular Hbond substituents is 3. The fourth-order valence-corrected chi connectivity index (χ4v) is 2.24. The van der Waals surface area contributed by atoms with E-state index < -0.39 is 33.8 Å². The van der Waals surface area contributed by atoms with Crippen molar-refractivity contribution in [3.05, 3.63) is 40.6 Å². The summed E-state index contributed by atoms with van der Waals surface area (Å²) >= 11 is 0. The van der Waals surface area contributed by atoms with Crippen LogP contribution < -0.4 is 10.2 Å². The standard InChI is InChI=1S/C16H12O7/c1-22-8-4-2-7(3-5-8)16-15(21)14(20)11-10(23-16)6-9(17)12(18)13(11)19/h2-6,17-19,21H,1H3. The van der Waals surface area contributed by atoms with Gasteiger partial charge in [-0.3, -0.25) is 4.79 Å². The van der Waals surface area contributed by atoms with Gasteiger partial charge in [0.25, 0.3) is 0 Å². The molecule has 0 fully saturated rings. The number of hydrogen-bond donors (Lipinski definition) is 4. The van der Waals surface area contributed by atoms with Crippen molar-refractivity contribution >= 4 is 11.0 Å². The highest BCUT2D eigenvalue weighted by Crippen LogP contribution is 2.42. The van der Waals surface area contributed by atoms with Crippen LogP contribution in [0.3, 0.4) is 0 Å². The Balaban J connectivity index is 2.32. The normalized spacial score (nSPS) is 10.8. The van der Waals surface area contributed by atoms with E-state index in [2.05, 4.69) is 0 Å². The molecule has 0 unspecified atom stereocenters. The quantitative estimate of drug-likeness (QED) is 0.535. The molecule has 118 valence electrons. The molecule has 7 heteroatoms. The summed E-state index contributed by atoms with van der Waals surface area (Å²) < 4.78 is 10.5. The van der Waals surface area contributed by atoms with Gasteiger partial charge in [0.05, 0.1) is 7.11 Å². The lowest BCUT2D eigenvalue weighted by atomic mass is 10.1. The molecular formula is C16H12O7. The zero-order valence-corrected chi connectivity index (χ0v) is 11.9. The predicted molar refractivity (Wildman–Crippen MR) is 81.1 cm³/mol. The maximum absolute atomic E-state index is 12.2. The number of phenols is 3. The van der Waals surface area contributed by atoms with Crippen LogP contribution in [-0.4, -0.2) is 27.5 Å². The van der Waals surface area contributed by atoms with Gasteiger partial charge in [0.15, 0.2) is 17.3 Å². The second-order valence-corrected chi connectivity index (χ2v) is 4.80. The summed E-state index contributed by atoms with van der Waals surface area (Å²) in [7, 11) is 1.50. The number of methoxy groups -OCH3 is 1. The van der Waals surface area contributed by atoms with Gasteiger partial charge in [-0.2, -0.15) is 0 Å². The Labute approximate surface area is 129 Å². The third-order valence-electron chi connectivity index (χ3n) is 3.44. The van der Waals surface area contributed by atoms with Crippen molar-refractivity contribution in [2.45, 2.75) is 0 Å². The van der Waals surface area contributed by atoms with Crippen LogP contribution in [0.2, 0.25) is 0 Å². The van der Waals surface area contributed by atoms with E-state index in [0.29, 0.717) is 11.3 Å². The zero-order chi connectivity index (χ0) is 16.7. The first-order valence-corrected chi connectivity index (χ1v) is 6.52. The largest absolute Gasteiger partial charge is 0.504 e. The molecule has 0 spiro atoms. The second kappa shape index (κ2) is 5.13. The van der Waals surface area contributed by atoms with Crippen molar-refractivity contribution in [2.24, 2.45) is 0 Å². The first kappa shape index (κ1) is 14.6. The van der Waals surface area contributed by atoms with Gasteiger partial charge < -0.3 is 29.6 Å². The van der Waals surface area contributed by atoms with E-state index in [4.69, 9.17) is 9.15 Å². The molecule has 2 aromatic carbocycles. The van der Waals surface area contributed by atoms with Gasteiger partial charge in [-0.15, -0.1) is 0 Å². The average Bonchev–Trinajstić information content (AvgIpc) is 2.56. The van der Waals surface area contributed by atoms with Crippen LogP contribution in [0, 0.1) is 0 Å². The summed E-state index contributed by atoms with van der Waals surface area (Å²) in [5, 5.41) is 38.4. The van der Waals surface area contributed by atoms with Crippen LogP contribution in [0.4, 0.5) is 0 Å². The maximum Gasteiger partial charge on any atom is 0.238 e. The summed E-state index contributed by atoms with van der Waals surface area (Å²) in [6, 6.07) is 7.36. The summed E-state index contributed by atoms with van der Waals surface area (Å²) in [6.45, 7) is 0. The van der Waals surface area contributed by atoms with Gasteiger partial charge in [0, 0.05) is 11.6 Å². The predicted octanol–water partition coefficient (Wildman–Crippen LogP) is 2.29. The van der Waals surface area contributed by atoms with Crippen molar-refractivity contribution in [3.63, 3.8) is 0 Å². The first-order chi connectivity index (χ1) is 10.9. The van der Waals surface area contributed by atoms with Gasteiger partial charge in [-0.1, -0.05) is 0 Å². The molecular weight excluding hydrogens is 304 g/mol. The first-order valence-electron chi connectivity index (χ1n) is 6.52. The summed E-state index contributed by atoms with van der Waals surface area (Å²) in [5.41, 5.74) is -0.703. The van der Waals surface area contributed by atoms with Crippen molar-refractivity contribution in [3.8, 4) is 40.1 Å². The van der Waals surface area contributed by atoms with E-state index in [1.165, 1.54) is 7.11 Å². The fourth-order valence-electron chi connectivity index (χ4n) is 2.24. The Morgan fingerprint density at radius 1 is 0.957 bits per heavy atom. The number of rotatable bonds is 2. The van der Waals surface area contributed by atoms with Crippen molar-refractivity contribution < 1.29 is 29.6 Å². The highest BCUT2D eigenvalue weighted by molar-refractivity contribution is 5.90. The topological polar surface area (TPSA) is 120 Å². The molecule has 0 bridgehead atoms. The minimum atomic E-state index is -0.926. The molecule has 1 aromatic heterocycles. The Kier molecular flexibility index (Phi) is 3.25. The van der Waals surface area contributed by atoms with E-state index in [-0.39, 0.29) is 11.3 Å². The molecule has 0 saturated heterocycles. The third-order valence-corrected chi connectivity index (χ3v) is 3.44. The van der Waals surface area contributed by atoms with Crippen LogP contribution in [0.15, 0.2) is 39.5 Å². The molecule has 0 aliphatic rings. The molecule has 0 aliphatic carbocycles. The lowest BCUT2D eigenvalue weighted by molar-refractivity contribution is 0.369. The Morgan fingerprint density at radius 3 is 2.22 bits per heavy atom. The number of aromatic hydroxyl groups is 4. The third kappa shape index (κ3) is 2.18. The average molecular weight is 316 g/mol. The number of ether oxygens (including phenoxy) is 1. The highest BCUT2D eigenvalue weighted by atomic mass is 16.5. The fraction of sp³-hybridized carbons (Fsp3) is 0.0625. The molecule has 0 radical (unpaired) electrons. The highest BCUT2D eigenvalue weighted by Gasteiger charge is 2.21. The maximum atomic E-state index is 12.2. The second-order valence-electron chi connectivity index (χ2n) is 4.80. The van der Waals surface area contributed by atoms with Gasteiger partial charge in [0.1, 0.15) is 16.7 Å².